The Morgan fingerprint density at radius 3 is 2.59 bits per heavy atom. The van der Waals surface area contributed by atoms with Crippen LogP contribution in [0.25, 0.3) is 0 Å². The fourth-order valence-electron chi connectivity index (χ4n) is 3.04. The monoisotopic (exact) mass is 435 g/mol. The van der Waals surface area contributed by atoms with Crippen LogP contribution in [0.2, 0.25) is 0 Å². The molecule has 0 spiro atoms. The molecule has 0 aliphatic carbocycles. The van der Waals surface area contributed by atoms with Crippen molar-refractivity contribution < 1.29 is 14.3 Å². The van der Waals surface area contributed by atoms with Gasteiger partial charge in [-0.05, 0) is 52.3 Å². The lowest BCUT2D eigenvalue weighted by atomic mass is 10.1. The fraction of sp³-hybridized carbons (Fsp3) is 0.550. The van der Waals surface area contributed by atoms with Gasteiger partial charge < -0.3 is 15.0 Å². The predicted octanol–water partition coefficient (Wildman–Crippen LogP) is 3.76. The molecule has 1 N–H and O–H groups in total. The van der Waals surface area contributed by atoms with Gasteiger partial charge in [0.1, 0.15) is 5.60 Å². The summed E-state index contributed by atoms with van der Waals surface area (Å²) >= 11 is 3.35. The second-order valence-corrected chi connectivity index (χ2v) is 8.66. The molecule has 1 aliphatic rings. The van der Waals surface area contributed by atoms with E-state index < -0.39 is 5.60 Å². The molecule has 27 heavy (non-hydrogen) atoms. The third-order valence-electron chi connectivity index (χ3n) is 4.33. The van der Waals surface area contributed by atoms with E-state index in [4.69, 9.17) is 4.74 Å². The SMILES string of the molecule is CC(C)(C)OC(=O)N1CC(C#N)CC1CCNCC(=O)c1ccc(Br)cc1. The number of nitrogens with zero attached hydrogens (tertiary/aromatic N) is 2. The summed E-state index contributed by atoms with van der Waals surface area (Å²) in [6, 6.07) is 9.44. The summed E-state index contributed by atoms with van der Waals surface area (Å²) in [5.74, 6) is -0.153. The third kappa shape index (κ3) is 6.64. The molecule has 1 aromatic rings. The number of ketones is 1. The van der Waals surface area contributed by atoms with Gasteiger partial charge in [0.05, 0.1) is 18.5 Å². The highest BCUT2D eigenvalue weighted by Crippen LogP contribution is 2.26. The van der Waals surface area contributed by atoms with Gasteiger partial charge in [0.15, 0.2) is 5.78 Å². The Bertz CT molecular complexity index is 707. The molecule has 0 radical (unpaired) electrons. The molecule has 2 unspecified atom stereocenters. The molecule has 2 atom stereocenters. The molecule has 7 heteroatoms. The number of ether oxygens (including phenoxy) is 1. The van der Waals surface area contributed by atoms with Crippen molar-refractivity contribution in [2.75, 3.05) is 19.6 Å². The highest BCUT2D eigenvalue weighted by molar-refractivity contribution is 9.10. The first-order valence-corrected chi connectivity index (χ1v) is 9.87. The number of nitrogens with one attached hydrogen (secondary N) is 1. The zero-order valence-electron chi connectivity index (χ0n) is 16.0. The maximum Gasteiger partial charge on any atom is 0.410 e. The Balaban J connectivity index is 1.83. The van der Waals surface area contributed by atoms with Crippen molar-refractivity contribution in [3.05, 3.63) is 34.3 Å². The second-order valence-electron chi connectivity index (χ2n) is 7.74. The number of rotatable bonds is 6. The standard InChI is InChI=1S/C20H26BrN3O3/c1-20(2,3)27-19(26)24-13-14(11-22)10-17(24)8-9-23-12-18(25)15-4-6-16(21)7-5-15/h4-7,14,17,23H,8-10,12-13H2,1-3H3. The Labute approximate surface area is 169 Å². The Kier molecular flexibility index (Phi) is 7.40. The van der Waals surface area contributed by atoms with E-state index in [0.717, 1.165) is 4.47 Å². The minimum atomic E-state index is -0.568. The van der Waals surface area contributed by atoms with Crippen LogP contribution >= 0.6 is 15.9 Å². The van der Waals surface area contributed by atoms with Gasteiger partial charge in [0.25, 0.3) is 0 Å². The Morgan fingerprint density at radius 1 is 1.33 bits per heavy atom. The average Bonchev–Trinajstić information content (AvgIpc) is 3.01. The molecule has 1 saturated heterocycles. The summed E-state index contributed by atoms with van der Waals surface area (Å²) in [6.07, 6.45) is 0.930. The normalized spacial score (nSPS) is 19.6. The van der Waals surface area contributed by atoms with Gasteiger partial charge in [0.2, 0.25) is 0 Å². The minimum Gasteiger partial charge on any atom is -0.444 e. The van der Waals surface area contributed by atoms with Crippen LogP contribution < -0.4 is 5.32 Å². The van der Waals surface area contributed by atoms with Crippen LogP contribution in [0, 0.1) is 17.2 Å². The second kappa shape index (κ2) is 9.34. The molecule has 1 heterocycles. The summed E-state index contributed by atoms with van der Waals surface area (Å²) in [7, 11) is 0. The molecule has 6 nitrogen and oxygen atoms in total. The first-order chi connectivity index (χ1) is 12.7. The number of hydrogen-bond donors (Lipinski definition) is 1. The van der Waals surface area contributed by atoms with Gasteiger partial charge in [-0.15, -0.1) is 0 Å². The van der Waals surface area contributed by atoms with Gasteiger partial charge in [0, 0.05) is 22.6 Å². The van der Waals surface area contributed by atoms with Crippen molar-refractivity contribution in [3.63, 3.8) is 0 Å². The number of likely N-dealkylation sites (tertiary alicyclic amines) is 1. The zero-order valence-corrected chi connectivity index (χ0v) is 17.6. The van der Waals surface area contributed by atoms with E-state index in [1.807, 2.05) is 32.9 Å². The van der Waals surface area contributed by atoms with E-state index in [1.165, 1.54) is 0 Å². The quantitative estimate of drug-likeness (QED) is 0.543. The van der Waals surface area contributed by atoms with Crippen molar-refractivity contribution in [2.24, 2.45) is 5.92 Å². The molecule has 1 fully saturated rings. The minimum absolute atomic E-state index is 0.0211. The van der Waals surface area contributed by atoms with E-state index in [9.17, 15) is 14.9 Å². The lowest BCUT2D eigenvalue weighted by molar-refractivity contribution is 0.0218. The molecular weight excluding hydrogens is 410 g/mol. The van der Waals surface area contributed by atoms with Crippen molar-refractivity contribution in [3.8, 4) is 6.07 Å². The number of benzene rings is 1. The van der Waals surface area contributed by atoms with Crippen LogP contribution in [0.3, 0.4) is 0 Å². The van der Waals surface area contributed by atoms with E-state index >= 15 is 0 Å². The summed E-state index contributed by atoms with van der Waals surface area (Å²) < 4.78 is 6.39. The molecule has 146 valence electrons. The summed E-state index contributed by atoms with van der Waals surface area (Å²) in [5.41, 5.74) is 0.0910. The molecule has 2 rings (SSSR count). The average molecular weight is 436 g/mol. The summed E-state index contributed by atoms with van der Waals surface area (Å²) in [6.45, 7) is 6.70. The molecule has 1 amide bonds. The van der Waals surface area contributed by atoms with Crippen molar-refractivity contribution in [1.29, 1.82) is 5.26 Å². The Morgan fingerprint density at radius 2 is 2.00 bits per heavy atom. The van der Waals surface area contributed by atoms with E-state index in [0.29, 0.717) is 31.5 Å². The maximum atomic E-state index is 12.4. The molecule has 1 aromatic carbocycles. The van der Waals surface area contributed by atoms with Gasteiger partial charge in [-0.25, -0.2) is 4.79 Å². The zero-order chi connectivity index (χ0) is 20.0. The lowest BCUT2D eigenvalue weighted by Crippen LogP contribution is -2.41. The number of halogens is 1. The third-order valence-corrected chi connectivity index (χ3v) is 4.86. The molecule has 0 aromatic heterocycles. The van der Waals surface area contributed by atoms with Crippen molar-refractivity contribution >= 4 is 27.8 Å². The molecule has 1 aliphatic heterocycles. The first-order valence-electron chi connectivity index (χ1n) is 9.08. The predicted molar refractivity (Wildman–Crippen MR) is 106 cm³/mol. The topological polar surface area (TPSA) is 82.4 Å². The highest BCUT2D eigenvalue weighted by Gasteiger charge is 2.37. The fourth-order valence-corrected chi connectivity index (χ4v) is 3.30. The molecule has 0 bridgehead atoms. The number of carbonyl (C=O) groups is 2. The van der Waals surface area contributed by atoms with Crippen molar-refractivity contribution in [1.82, 2.24) is 10.2 Å². The van der Waals surface area contributed by atoms with Crippen LogP contribution in [0.1, 0.15) is 44.0 Å². The van der Waals surface area contributed by atoms with Crippen LogP contribution in [-0.2, 0) is 4.74 Å². The van der Waals surface area contributed by atoms with Crippen LogP contribution in [0.5, 0.6) is 0 Å². The molecular formula is C20H26BrN3O3. The number of amides is 1. The van der Waals surface area contributed by atoms with Gasteiger partial charge in [-0.3, -0.25) is 4.79 Å². The van der Waals surface area contributed by atoms with Gasteiger partial charge in [-0.2, -0.15) is 5.26 Å². The Hall–Kier alpha value is -1.91. The van der Waals surface area contributed by atoms with Crippen molar-refractivity contribution in [2.45, 2.75) is 45.3 Å². The summed E-state index contributed by atoms with van der Waals surface area (Å²) in [5, 5.41) is 12.4. The number of Topliss-reactive ketones (excluding diaryl/α,β-unsaturated/α-hetero) is 1. The van der Waals surface area contributed by atoms with E-state index in [1.54, 1.807) is 17.0 Å². The smallest absolute Gasteiger partial charge is 0.410 e. The maximum absolute atomic E-state index is 12.4. The van der Waals surface area contributed by atoms with Crippen LogP contribution in [0.15, 0.2) is 28.7 Å². The van der Waals surface area contributed by atoms with E-state index in [2.05, 4.69) is 27.3 Å². The van der Waals surface area contributed by atoms with E-state index in [-0.39, 0.29) is 30.4 Å². The highest BCUT2D eigenvalue weighted by atomic mass is 79.9. The van der Waals surface area contributed by atoms with Gasteiger partial charge in [-0.1, -0.05) is 28.1 Å². The van der Waals surface area contributed by atoms with Crippen LogP contribution in [-0.4, -0.2) is 48.1 Å². The largest absolute Gasteiger partial charge is 0.444 e. The molecule has 0 saturated carbocycles. The van der Waals surface area contributed by atoms with Gasteiger partial charge >= 0.3 is 6.09 Å². The first kappa shape index (κ1) is 21.4. The van der Waals surface area contributed by atoms with Crippen LogP contribution in [0.4, 0.5) is 4.79 Å². The lowest BCUT2D eigenvalue weighted by Gasteiger charge is -2.28. The number of carbonyl (C=O) groups excluding carboxylic acids is 2. The summed E-state index contributed by atoms with van der Waals surface area (Å²) in [4.78, 5) is 26.2. The number of nitriles is 1. The number of hydrogen-bond acceptors (Lipinski definition) is 5.